The number of benzene rings is 3. The maximum Gasteiger partial charge on any atom is 0.307 e. The van der Waals surface area contributed by atoms with E-state index in [1.807, 2.05) is 86.8 Å². The van der Waals surface area contributed by atoms with Crippen LogP contribution in [0.3, 0.4) is 0 Å². The smallest absolute Gasteiger partial charge is 0.307 e. The molecule has 0 aliphatic heterocycles. The Kier molecular flexibility index (Phi) is 7.18. The second kappa shape index (κ2) is 10.6. The first kappa shape index (κ1) is 23.0. The Labute approximate surface area is 199 Å². The lowest BCUT2D eigenvalue weighted by molar-refractivity contribution is -0.154. The molecule has 1 heterocycles. The van der Waals surface area contributed by atoms with Crippen LogP contribution in [0.5, 0.6) is 0 Å². The lowest BCUT2D eigenvalue weighted by Crippen LogP contribution is -2.26. The molecule has 6 nitrogen and oxygen atoms in total. The number of rotatable bonds is 8. The monoisotopic (exact) mass is 453 g/mol. The number of aryl methyl sites for hydroxylation is 3. The second-order valence-corrected chi connectivity index (χ2v) is 8.22. The molecule has 6 heteroatoms. The lowest BCUT2D eigenvalue weighted by Gasteiger charge is -2.19. The van der Waals surface area contributed by atoms with Crippen LogP contribution in [0.1, 0.15) is 34.8 Å². The molecule has 1 aromatic heterocycles. The molecule has 1 N–H and O–H groups in total. The molecule has 4 rings (SSSR count). The number of amides is 1. The summed E-state index contributed by atoms with van der Waals surface area (Å²) >= 11 is 0. The molecule has 1 amide bonds. The largest absolute Gasteiger partial charge is 0.447 e. The predicted molar refractivity (Wildman–Crippen MR) is 132 cm³/mol. The van der Waals surface area contributed by atoms with Crippen LogP contribution in [0, 0.1) is 13.8 Å². The van der Waals surface area contributed by atoms with Crippen molar-refractivity contribution in [3.05, 3.63) is 114 Å². The predicted octanol–water partition coefficient (Wildman–Crippen LogP) is 5.34. The fourth-order valence-corrected chi connectivity index (χ4v) is 3.62. The molecule has 0 saturated heterocycles. The standard InChI is InChI=1S/C28H27N3O3/c1-20-13-14-21(2)25(17-20)30-28(33)27(23-9-5-3-6-10-23)34-26(32)16-15-22-18-29-31(19-22)24-11-7-4-8-12-24/h3-14,17-19,27H,15-16H2,1-2H3,(H,30,33). The Balaban J connectivity index is 1.43. The number of anilines is 1. The van der Waals surface area contributed by atoms with Crippen molar-refractivity contribution in [3.63, 3.8) is 0 Å². The number of carbonyl (C=O) groups is 2. The third kappa shape index (κ3) is 5.78. The van der Waals surface area contributed by atoms with Gasteiger partial charge in [0.1, 0.15) is 0 Å². The average molecular weight is 454 g/mol. The lowest BCUT2D eigenvalue weighted by atomic mass is 10.1. The summed E-state index contributed by atoms with van der Waals surface area (Å²) in [5, 5.41) is 7.28. The highest BCUT2D eigenvalue weighted by Crippen LogP contribution is 2.23. The molecule has 0 aliphatic rings. The van der Waals surface area contributed by atoms with Gasteiger partial charge in [0.25, 0.3) is 5.91 Å². The summed E-state index contributed by atoms with van der Waals surface area (Å²) in [6, 6.07) is 24.7. The Hall–Kier alpha value is -4.19. The number of hydrogen-bond acceptors (Lipinski definition) is 4. The van der Waals surface area contributed by atoms with Crippen LogP contribution in [-0.4, -0.2) is 21.7 Å². The molecule has 0 bridgehead atoms. The summed E-state index contributed by atoms with van der Waals surface area (Å²) in [6.45, 7) is 3.89. The van der Waals surface area contributed by atoms with E-state index in [-0.39, 0.29) is 12.3 Å². The number of carbonyl (C=O) groups excluding carboxylic acids is 2. The number of aromatic nitrogens is 2. The van der Waals surface area contributed by atoms with Crippen LogP contribution in [0.2, 0.25) is 0 Å². The molecule has 0 fully saturated rings. The number of ether oxygens (including phenoxy) is 1. The third-order valence-corrected chi connectivity index (χ3v) is 5.52. The minimum atomic E-state index is -1.04. The Morgan fingerprint density at radius 1 is 0.971 bits per heavy atom. The Morgan fingerprint density at radius 3 is 2.41 bits per heavy atom. The summed E-state index contributed by atoms with van der Waals surface area (Å²) < 4.78 is 7.44. The van der Waals surface area contributed by atoms with Crippen molar-refractivity contribution >= 4 is 17.6 Å². The number of esters is 1. The fraction of sp³-hybridized carbons (Fsp3) is 0.179. The van der Waals surface area contributed by atoms with Crippen LogP contribution >= 0.6 is 0 Å². The Bertz CT molecular complexity index is 1270. The van der Waals surface area contributed by atoms with Gasteiger partial charge in [0.15, 0.2) is 0 Å². The molecular weight excluding hydrogens is 426 g/mol. The molecule has 4 aromatic rings. The number of nitrogens with zero attached hydrogens (tertiary/aromatic N) is 2. The van der Waals surface area contributed by atoms with E-state index in [0.717, 1.165) is 22.4 Å². The highest BCUT2D eigenvalue weighted by atomic mass is 16.5. The minimum Gasteiger partial charge on any atom is -0.447 e. The van der Waals surface area contributed by atoms with Crippen molar-refractivity contribution in [2.45, 2.75) is 32.8 Å². The van der Waals surface area contributed by atoms with E-state index in [2.05, 4.69) is 10.4 Å². The van der Waals surface area contributed by atoms with Crippen molar-refractivity contribution in [1.82, 2.24) is 9.78 Å². The van der Waals surface area contributed by atoms with E-state index < -0.39 is 12.1 Å². The van der Waals surface area contributed by atoms with E-state index in [0.29, 0.717) is 17.7 Å². The molecular formula is C28H27N3O3. The van der Waals surface area contributed by atoms with Gasteiger partial charge in [0, 0.05) is 23.9 Å². The summed E-state index contributed by atoms with van der Waals surface area (Å²) in [5.41, 5.74) is 5.16. The van der Waals surface area contributed by atoms with Gasteiger partial charge < -0.3 is 10.1 Å². The van der Waals surface area contributed by atoms with Crippen LogP contribution in [0.25, 0.3) is 5.69 Å². The first-order valence-corrected chi connectivity index (χ1v) is 11.2. The van der Waals surface area contributed by atoms with E-state index in [4.69, 9.17) is 4.74 Å². The van der Waals surface area contributed by atoms with Crippen LogP contribution in [-0.2, 0) is 20.7 Å². The molecule has 3 aromatic carbocycles. The van der Waals surface area contributed by atoms with Gasteiger partial charge in [-0.05, 0) is 55.2 Å². The van der Waals surface area contributed by atoms with Gasteiger partial charge in [-0.1, -0.05) is 60.7 Å². The summed E-state index contributed by atoms with van der Waals surface area (Å²) in [5.74, 6) is -0.831. The van der Waals surface area contributed by atoms with Crippen molar-refractivity contribution in [3.8, 4) is 5.69 Å². The zero-order chi connectivity index (χ0) is 23.9. The van der Waals surface area contributed by atoms with Gasteiger partial charge >= 0.3 is 5.97 Å². The maximum absolute atomic E-state index is 13.1. The fourth-order valence-electron chi connectivity index (χ4n) is 3.62. The summed E-state index contributed by atoms with van der Waals surface area (Å²) in [4.78, 5) is 25.9. The number of para-hydroxylation sites is 1. The van der Waals surface area contributed by atoms with E-state index >= 15 is 0 Å². The van der Waals surface area contributed by atoms with Crippen molar-refractivity contribution in [2.24, 2.45) is 0 Å². The van der Waals surface area contributed by atoms with Gasteiger partial charge in [0.05, 0.1) is 11.9 Å². The van der Waals surface area contributed by atoms with Crippen molar-refractivity contribution in [2.75, 3.05) is 5.32 Å². The molecule has 34 heavy (non-hydrogen) atoms. The quantitative estimate of drug-likeness (QED) is 0.365. The topological polar surface area (TPSA) is 73.2 Å². The number of nitrogens with one attached hydrogen (secondary N) is 1. The summed E-state index contributed by atoms with van der Waals surface area (Å²) in [6.07, 6.45) is 3.19. The van der Waals surface area contributed by atoms with Gasteiger partial charge in [-0.15, -0.1) is 0 Å². The SMILES string of the molecule is Cc1ccc(C)c(NC(=O)C(OC(=O)CCc2cnn(-c3ccccc3)c2)c2ccccc2)c1. The van der Waals surface area contributed by atoms with E-state index in [1.165, 1.54) is 0 Å². The average Bonchev–Trinajstić information content (AvgIpc) is 3.34. The van der Waals surface area contributed by atoms with Crippen LogP contribution in [0.4, 0.5) is 5.69 Å². The van der Waals surface area contributed by atoms with E-state index in [1.54, 1.807) is 23.0 Å². The van der Waals surface area contributed by atoms with E-state index in [9.17, 15) is 9.59 Å². The van der Waals surface area contributed by atoms with Crippen LogP contribution < -0.4 is 5.32 Å². The first-order valence-electron chi connectivity index (χ1n) is 11.2. The summed E-state index contributed by atoms with van der Waals surface area (Å²) in [7, 11) is 0. The molecule has 0 radical (unpaired) electrons. The normalized spacial score (nSPS) is 11.6. The molecule has 1 unspecified atom stereocenters. The second-order valence-electron chi connectivity index (χ2n) is 8.22. The zero-order valence-electron chi connectivity index (χ0n) is 19.3. The maximum atomic E-state index is 13.1. The number of hydrogen-bond donors (Lipinski definition) is 1. The van der Waals surface area contributed by atoms with Gasteiger partial charge in [-0.2, -0.15) is 5.10 Å². The minimum absolute atomic E-state index is 0.139. The molecule has 0 saturated carbocycles. The molecule has 1 atom stereocenters. The third-order valence-electron chi connectivity index (χ3n) is 5.52. The highest BCUT2D eigenvalue weighted by molar-refractivity contribution is 5.96. The van der Waals surface area contributed by atoms with Gasteiger partial charge in [0.2, 0.25) is 6.10 Å². The molecule has 0 aliphatic carbocycles. The zero-order valence-corrected chi connectivity index (χ0v) is 19.3. The van der Waals surface area contributed by atoms with Gasteiger partial charge in [-0.3, -0.25) is 9.59 Å². The highest BCUT2D eigenvalue weighted by Gasteiger charge is 2.25. The molecule has 0 spiro atoms. The first-order chi connectivity index (χ1) is 16.5. The Morgan fingerprint density at radius 2 is 1.68 bits per heavy atom. The molecule has 172 valence electrons. The van der Waals surface area contributed by atoms with Crippen molar-refractivity contribution in [1.29, 1.82) is 0 Å². The van der Waals surface area contributed by atoms with Crippen LogP contribution in [0.15, 0.2) is 91.3 Å². The van der Waals surface area contributed by atoms with Crippen molar-refractivity contribution < 1.29 is 14.3 Å². The van der Waals surface area contributed by atoms with Gasteiger partial charge in [-0.25, -0.2) is 4.68 Å².